The second kappa shape index (κ2) is 11.1. The van der Waals surface area contributed by atoms with E-state index in [0.717, 1.165) is 12.8 Å². The summed E-state index contributed by atoms with van der Waals surface area (Å²) in [7, 11) is 0. The molecular weight excluding hydrogens is 324 g/mol. The highest BCUT2D eigenvalue weighted by Crippen LogP contribution is 2.16. The van der Waals surface area contributed by atoms with Crippen molar-refractivity contribution in [2.45, 2.75) is 46.1 Å². The molecule has 0 radical (unpaired) electrons. The predicted molar refractivity (Wildman–Crippen MR) is 94.5 cm³/mol. The molecule has 0 aliphatic heterocycles. The maximum Gasteiger partial charge on any atom is 0.340 e. The van der Waals surface area contributed by atoms with Gasteiger partial charge in [0, 0.05) is 0 Å². The fraction of sp³-hybridized carbons (Fsp3) is 0.500. The van der Waals surface area contributed by atoms with Crippen LogP contribution < -0.4 is 10.6 Å². The molecule has 0 saturated heterocycles. The van der Waals surface area contributed by atoms with E-state index in [4.69, 9.17) is 9.47 Å². The van der Waals surface area contributed by atoms with Crippen LogP contribution in [0.15, 0.2) is 24.3 Å². The number of amides is 2. The third-order valence-electron chi connectivity index (χ3n) is 3.39. The summed E-state index contributed by atoms with van der Waals surface area (Å²) in [6.45, 7) is 5.90. The molecule has 0 spiro atoms. The van der Waals surface area contributed by atoms with E-state index in [1.165, 1.54) is 0 Å². The average Bonchev–Trinajstić information content (AvgIpc) is 2.59. The number of carbonyl (C=O) groups is 3. The first-order valence-corrected chi connectivity index (χ1v) is 8.53. The lowest BCUT2D eigenvalue weighted by Gasteiger charge is -2.18. The molecule has 0 aliphatic carbocycles. The molecule has 7 nitrogen and oxygen atoms in total. The van der Waals surface area contributed by atoms with Crippen LogP contribution in [0.5, 0.6) is 0 Å². The van der Waals surface area contributed by atoms with Crippen LogP contribution in [-0.2, 0) is 14.3 Å². The van der Waals surface area contributed by atoms with Crippen molar-refractivity contribution in [3.63, 3.8) is 0 Å². The molecule has 0 aliphatic rings. The number of anilines is 1. The predicted octanol–water partition coefficient (Wildman–Crippen LogP) is 3.11. The van der Waals surface area contributed by atoms with Gasteiger partial charge in [0.15, 0.2) is 0 Å². The van der Waals surface area contributed by atoms with Crippen molar-refractivity contribution in [2.75, 3.05) is 18.5 Å². The molecule has 0 fully saturated rings. The molecule has 1 aromatic carbocycles. The molecule has 7 heteroatoms. The largest absolute Gasteiger partial charge is 0.464 e. The highest BCUT2D eigenvalue weighted by molar-refractivity contribution is 6.01. The fourth-order valence-corrected chi connectivity index (χ4v) is 2.20. The van der Waals surface area contributed by atoms with E-state index in [9.17, 15) is 14.4 Å². The number of hydrogen-bond acceptors (Lipinski definition) is 5. The summed E-state index contributed by atoms with van der Waals surface area (Å²) in [5, 5.41) is 5.20. The smallest absolute Gasteiger partial charge is 0.340 e. The van der Waals surface area contributed by atoms with Gasteiger partial charge in [-0.15, -0.1) is 0 Å². The summed E-state index contributed by atoms with van der Waals surface area (Å²) < 4.78 is 9.96. The molecule has 0 saturated carbocycles. The number of urea groups is 1. The lowest BCUT2D eigenvalue weighted by atomic mass is 10.1. The Morgan fingerprint density at radius 3 is 2.36 bits per heavy atom. The number of carbonyl (C=O) groups excluding carboxylic acids is 3. The SMILES string of the molecule is CCCCC(NC(=O)Nc1ccccc1C(=O)OCC)C(=O)OCC. The van der Waals surface area contributed by atoms with Gasteiger partial charge in [0.05, 0.1) is 24.5 Å². The van der Waals surface area contributed by atoms with Gasteiger partial charge in [-0.1, -0.05) is 31.9 Å². The zero-order valence-corrected chi connectivity index (χ0v) is 15.0. The van der Waals surface area contributed by atoms with Crippen LogP contribution in [0.2, 0.25) is 0 Å². The van der Waals surface area contributed by atoms with Gasteiger partial charge in [0.2, 0.25) is 0 Å². The minimum absolute atomic E-state index is 0.237. The van der Waals surface area contributed by atoms with E-state index in [-0.39, 0.29) is 18.8 Å². The van der Waals surface area contributed by atoms with E-state index < -0.39 is 24.0 Å². The molecule has 0 aromatic heterocycles. The van der Waals surface area contributed by atoms with Crippen LogP contribution in [0.4, 0.5) is 10.5 Å². The normalized spacial score (nSPS) is 11.3. The summed E-state index contributed by atoms with van der Waals surface area (Å²) in [5.41, 5.74) is 0.567. The van der Waals surface area contributed by atoms with Crippen LogP contribution in [0, 0.1) is 0 Å². The molecule has 1 atom stereocenters. The standard InChI is InChI=1S/C18H26N2O5/c1-4-7-11-15(17(22)25-6-3)20-18(23)19-14-12-9-8-10-13(14)16(21)24-5-2/h8-10,12,15H,4-7,11H2,1-3H3,(H2,19,20,23). The van der Waals surface area contributed by atoms with Gasteiger partial charge >= 0.3 is 18.0 Å². The number of hydrogen-bond donors (Lipinski definition) is 2. The van der Waals surface area contributed by atoms with Crippen LogP contribution in [0.25, 0.3) is 0 Å². The fourth-order valence-electron chi connectivity index (χ4n) is 2.20. The topological polar surface area (TPSA) is 93.7 Å². The second-order valence-electron chi connectivity index (χ2n) is 5.31. The molecule has 0 bridgehead atoms. The zero-order valence-electron chi connectivity index (χ0n) is 15.0. The molecule has 2 N–H and O–H groups in total. The van der Waals surface area contributed by atoms with E-state index in [1.54, 1.807) is 38.1 Å². The summed E-state index contributed by atoms with van der Waals surface area (Å²) in [5.74, 6) is -0.990. The molecule has 2 amide bonds. The Morgan fingerprint density at radius 1 is 1.04 bits per heavy atom. The Morgan fingerprint density at radius 2 is 1.72 bits per heavy atom. The number of rotatable bonds is 9. The Hall–Kier alpha value is -2.57. The zero-order chi connectivity index (χ0) is 18.7. The first kappa shape index (κ1) is 20.5. The summed E-state index contributed by atoms with van der Waals surface area (Å²) in [4.78, 5) is 36.1. The van der Waals surface area contributed by atoms with E-state index >= 15 is 0 Å². The van der Waals surface area contributed by atoms with Gasteiger partial charge in [-0.05, 0) is 32.4 Å². The Bertz CT molecular complexity index is 589. The van der Waals surface area contributed by atoms with Gasteiger partial charge in [-0.3, -0.25) is 0 Å². The quantitative estimate of drug-likeness (QED) is 0.668. The maximum absolute atomic E-state index is 12.2. The molecular formula is C18H26N2O5. The Labute approximate surface area is 148 Å². The van der Waals surface area contributed by atoms with Crippen molar-refractivity contribution in [3.05, 3.63) is 29.8 Å². The van der Waals surface area contributed by atoms with Crippen molar-refractivity contribution >= 4 is 23.7 Å². The molecule has 1 rings (SSSR count). The number of esters is 2. The van der Waals surface area contributed by atoms with Crippen molar-refractivity contribution in [3.8, 4) is 0 Å². The van der Waals surface area contributed by atoms with Gasteiger partial charge in [0.25, 0.3) is 0 Å². The van der Waals surface area contributed by atoms with Crippen LogP contribution in [0.1, 0.15) is 50.4 Å². The molecule has 1 aromatic rings. The maximum atomic E-state index is 12.2. The number of unbranched alkanes of at least 4 members (excludes halogenated alkanes) is 1. The van der Waals surface area contributed by atoms with Crippen LogP contribution >= 0.6 is 0 Å². The third kappa shape index (κ3) is 6.82. The van der Waals surface area contributed by atoms with Crippen LogP contribution in [-0.4, -0.2) is 37.2 Å². The summed E-state index contributed by atoms with van der Waals surface area (Å²) >= 11 is 0. The van der Waals surface area contributed by atoms with Crippen molar-refractivity contribution in [2.24, 2.45) is 0 Å². The monoisotopic (exact) mass is 350 g/mol. The minimum atomic E-state index is -0.727. The van der Waals surface area contributed by atoms with Crippen molar-refractivity contribution < 1.29 is 23.9 Å². The number of benzene rings is 1. The first-order chi connectivity index (χ1) is 12.0. The number of nitrogens with one attached hydrogen (secondary N) is 2. The highest BCUT2D eigenvalue weighted by Gasteiger charge is 2.22. The number of para-hydroxylation sites is 1. The van der Waals surface area contributed by atoms with Crippen molar-refractivity contribution in [1.29, 1.82) is 0 Å². The second-order valence-corrected chi connectivity index (χ2v) is 5.31. The average molecular weight is 350 g/mol. The lowest BCUT2D eigenvalue weighted by Crippen LogP contribution is -2.44. The molecule has 1 unspecified atom stereocenters. The van der Waals surface area contributed by atoms with E-state index in [0.29, 0.717) is 12.1 Å². The molecule has 25 heavy (non-hydrogen) atoms. The molecule has 138 valence electrons. The summed E-state index contributed by atoms with van der Waals surface area (Å²) in [6.07, 6.45) is 2.16. The minimum Gasteiger partial charge on any atom is -0.464 e. The highest BCUT2D eigenvalue weighted by atomic mass is 16.5. The van der Waals surface area contributed by atoms with Gasteiger partial charge in [-0.2, -0.15) is 0 Å². The Balaban J connectivity index is 2.79. The molecule has 0 heterocycles. The third-order valence-corrected chi connectivity index (χ3v) is 3.39. The number of ether oxygens (including phenoxy) is 2. The van der Waals surface area contributed by atoms with E-state index in [1.807, 2.05) is 6.92 Å². The van der Waals surface area contributed by atoms with Crippen molar-refractivity contribution in [1.82, 2.24) is 5.32 Å². The van der Waals surface area contributed by atoms with Gasteiger partial charge in [-0.25, -0.2) is 14.4 Å². The Kier molecular flexibility index (Phi) is 9.06. The summed E-state index contributed by atoms with van der Waals surface area (Å²) in [6, 6.07) is 5.22. The van der Waals surface area contributed by atoms with Gasteiger partial charge < -0.3 is 20.1 Å². The van der Waals surface area contributed by atoms with E-state index in [2.05, 4.69) is 10.6 Å². The lowest BCUT2D eigenvalue weighted by molar-refractivity contribution is -0.145. The first-order valence-electron chi connectivity index (χ1n) is 8.53. The van der Waals surface area contributed by atoms with Gasteiger partial charge in [0.1, 0.15) is 6.04 Å². The van der Waals surface area contributed by atoms with Crippen LogP contribution in [0.3, 0.4) is 0 Å².